The highest BCUT2D eigenvalue weighted by atomic mass is 16.5. The van der Waals surface area contributed by atoms with Crippen LogP contribution in [-0.4, -0.2) is 47.0 Å². The van der Waals surface area contributed by atoms with Crippen LogP contribution in [0.3, 0.4) is 0 Å². The summed E-state index contributed by atoms with van der Waals surface area (Å²) in [6, 6.07) is 11.7. The van der Waals surface area contributed by atoms with Gasteiger partial charge in [0.2, 0.25) is 5.88 Å². The molecule has 1 aromatic heterocycles. The third-order valence-electron chi connectivity index (χ3n) is 6.08. The molecular formula is C22H27N3O3. The van der Waals surface area contributed by atoms with Crippen LogP contribution in [0.5, 0.6) is 11.9 Å². The van der Waals surface area contributed by atoms with E-state index in [2.05, 4.69) is 45.2 Å². The number of fused-ring (bicyclic) bond motifs is 2. The van der Waals surface area contributed by atoms with Crippen LogP contribution in [0.15, 0.2) is 36.5 Å². The highest BCUT2D eigenvalue weighted by molar-refractivity contribution is 5.99. The average Bonchev–Trinajstić information content (AvgIpc) is 2.73. The second kappa shape index (κ2) is 8.27. The molecule has 0 aliphatic carbocycles. The standard InChI is InChI=1S/C22H27N3O3/c1-27-21-19(13-23-22(24-21)28-2)20(26)16-11-17-9-6-10-18(12-16)25(17)14-15-7-4-3-5-8-15/h3-5,7-8,13,16-18H,6,9-12,14H2,1-2H3. The Bertz CT molecular complexity index is 813. The van der Waals surface area contributed by atoms with E-state index >= 15 is 0 Å². The molecule has 148 valence electrons. The van der Waals surface area contributed by atoms with Gasteiger partial charge >= 0.3 is 6.01 Å². The Labute approximate surface area is 165 Å². The van der Waals surface area contributed by atoms with Gasteiger partial charge in [0.1, 0.15) is 0 Å². The number of aromatic nitrogens is 2. The van der Waals surface area contributed by atoms with E-state index in [1.807, 2.05) is 0 Å². The first-order valence-corrected chi connectivity index (χ1v) is 9.98. The molecule has 0 saturated carbocycles. The van der Waals surface area contributed by atoms with Crippen molar-refractivity contribution < 1.29 is 14.3 Å². The molecule has 2 aliphatic heterocycles. The summed E-state index contributed by atoms with van der Waals surface area (Å²) in [7, 11) is 3.02. The third kappa shape index (κ3) is 3.74. The van der Waals surface area contributed by atoms with Crippen LogP contribution in [0.1, 0.15) is 48.0 Å². The first kappa shape index (κ1) is 18.9. The molecule has 0 spiro atoms. The molecule has 3 heterocycles. The molecule has 0 radical (unpaired) electrons. The fourth-order valence-corrected chi connectivity index (χ4v) is 4.74. The van der Waals surface area contributed by atoms with Gasteiger partial charge in [-0.15, -0.1) is 0 Å². The van der Waals surface area contributed by atoms with Gasteiger partial charge in [-0.25, -0.2) is 4.98 Å². The van der Waals surface area contributed by atoms with Crippen molar-refractivity contribution in [1.82, 2.24) is 14.9 Å². The van der Waals surface area contributed by atoms with Crippen molar-refractivity contribution >= 4 is 5.78 Å². The second-order valence-corrected chi connectivity index (χ2v) is 7.71. The molecule has 1 aromatic carbocycles. The quantitative estimate of drug-likeness (QED) is 0.714. The second-order valence-electron chi connectivity index (χ2n) is 7.71. The largest absolute Gasteiger partial charge is 0.480 e. The number of ether oxygens (including phenoxy) is 2. The van der Waals surface area contributed by atoms with Gasteiger partial charge in [-0.2, -0.15) is 4.98 Å². The molecule has 2 bridgehead atoms. The van der Waals surface area contributed by atoms with Gasteiger partial charge in [-0.1, -0.05) is 36.8 Å². The molecule has 2 aliphatic rings. The van der Waals surface area contributed by atoms with Crippen molar-refractivity contribution in [2.45, 2.75) is 50.7 Å². The lowest BCUT2D eigenvalue weighted by Crippen LogP contribution is -2.52. The summed E-state index contributed by atoms with van der Waals surface area (Å²) in [6.07, 6.45) is 6.87. The van der Waals surface area contributed by atoms with E-state index in [0.717, 1.165) is 32.2 Å². The number of carbonyl (C=O) groups is 1. The molecule has 0 amide bonds. The predicted molar refractivity (Wildman–Crippen MR) is 106 cm³/mol. The fourth-order valence-electron chi connectivity index (χ4n) is 4.74. The third-order valence-corrected chi connectivity index (χ3v) is 6.08. The summed E-state index contributed by atoms with van der Waals surface area (Å²) < 4.78 is 10.4. The highest BCUT2D eigenvalue weighted by Crippen LogP contribution is 2.39. The zero-order chi connectivity index (χ0) is 19.5. The van der Waals surface area contributed by atoms with Crippen LogP contribution in [0.2, 0.25) is 0 Å². The number of benzene rings is 1. The first-order chi connectivity index (χ1) is 13.7. The number of piperidine rings is 2. The summed E-state index contributed by atoms with van der Waals surface area (Å²) in [5, 5.41) is 0. The summed E-state index contributed by atoms with van der Waals surface area (Å²) in [6.45, 7) is 0.964. The molecule has 6 heteroatoms. The molecule has 0 N–H and O–H groups in total. The van der Waals surface area contributed by atoms with E-state index in [9.17, 15) is 4.79 Å². The Balaban J connectivity index is 1.52. The van der Waals surface area contributed by atoms with E-state index in [0.29, 0.717) is 23.5 Å². The van der Waals surface area contributed by atoms with E-state index in [4.69, 9.17) is 9.47 Å². The van der Waals surface area contributed by atoms with Crippen LogP contribution in [0.4, 0.5) is 0 Å². The zero-order valence-electron chi connectivity index (χ0n) is 16.5. The van der Waals surface area contributed by atoms with Crippen molar-refractivity contribution in [3.63, 3.8) is 0 Å². The molecule has 28 heavy (non-hydrogen) atoms. The fraction of sp³-hybridized carbons (Fsp3) is 0.500. The lowest BCUT2D eigenvalue weighted by molar-refractivity contribution is 0.00895. The number of hydrogen-bond acceptors (Lipinski definition) is 6. The van der Waals surface area contributed by atoms with Crippen molar-refractivity contribution in [3.05, 3.63) is 47.7 Å². The van der Waals surface area contributed by atoms with Gasteiger partial charge in [0.25, 0.3) is 0 Å². The minimum atomic E-state index is -0.00628. The molecule has 2 saturated heterocycles. The maximum atomic E-state index is 13.3. The summed E-state index contributed by atoms with van der Waals surface area (Å²) in [5.74, 6) is 0.387. The molecule has 2 unspecified atom stereocenters. The number of ketones is 1. The Morgan fingerprint density at radius 2 is 1.82 bits per heavy atom. The molecule has 2 aromatic rings. The van der Waals surface area contributed by atoms with Gasteiger partial charge in [-0.05, 0) is 31.2 Å². The van der Waals surface area contributed by atoms with Crippen LogP contribution < -0.4 is 9.47 Å². The minimum Gasteiger partial charge on any atom is -0.480 e. The van der Waals surface area contributed by atoms with Crippen molar-refractivity contribution in [3.8, 4) is 11.9 Å². The van der Waals surface area contributed by atoms with Crippen LogP contribution in [0, 0.1) is 5.92 Å². The number of nitrogens with zero attached hydrogens (tertiary/aromatic N) is 3. The first-order valence-electron chi connectivity index (χ1n) is 9.98. The van der Waals surface area contributed by atoms with E-state index < -0.39 is 0 Å². The van der Waals surface area contributed by atoms with Gasteiger partial charge < -0.3 is 9.47 Å². The van der Waals surface area contributed by atoms with Crippen LogP contribution in [-0.2, 0) is 6.54 Å². The topological polar surface area (TPSA) is 64.5 Å². The Kier molecular flexibility index (Phi) is 5.57. The van der Waals surface area contributed by atoms with Crippen molar-refractivity contribution in [2.24, 2.45) is 5.92 Å². The number of carbonyl (C=O) groups excluding carboxylic acids is 1. The molecule has 6 nitrogen and oxygen atoms in total. The summed E-state index contributed by atoms with van der Waals surface area (Å²) >= 11 is 0. The Morgan fingerprint density at radius 1 is 1.11 bits per heavy atom. The number of methoxy groups -OCH3 is 2. The zero-order valence-corrected chi connectivity index (χ0v) is 16.5. The maximum absolute atomic E-state index is 13.3. The van der Waals surface area contributed by atoms with Crippen LogP contribution >= 0.6 is 0 Å². The van der Waals surface area contributed by atoms with Crippen molar-refractivity contribution in [1.29, 1.82) is 0 Å². The van der Waals surface area contributed by atoms with Gasteiger partial charge in [-0.3, -0.25) is 9.69 Å². The molecule has 4 rings (SSSR count). The normalized spacial score (nSPS) is 24.6. The van der Waals surface area contributed by atoms with E-state index in [1.165, 1.54) is 26.2 Å². The summed E-state index contributed by atoms with van der Waals surface area (Å²) in [5.41, 5.74) is 1.80. The lowest BCUT2D eigenvalue weighted by atomic mass is 9.75. The monoisotopic (exact) mass is 381 g/mol. The number of rotatable bonds is 6. The molecule has 2 fully saturated rings. The molecular weight excluding hydrogens is 354 g/mol. The van der Waals surface area contributed by atoms with E-state index in [1.54, 1.807) is 6.20 Å². The average molecular weight is 381 g/mol. The van der Waals surface area contributed by atoms with Gasteiger partial charge in [0.05, 0.1) is 19.8 Å². The number of hydrogen-bond donors (Lipinski definition) is 0. The van der Waals surface area contributed by atoms with Crippen LogP contribution in [0.25, 0.3) is 0 Å². The smallest absolute Gasteiger partial charge is 0.319 e. The van der Waals surface area contributed by atoms with Gasteiger partial charge in [0, 0.05) is 30.7 Å². The molecule has 2 atom stereocenters. The minimum absolute atomic E-state index is 0.00628. The highest BCUT2D eigenvalue weighted by Gasteiger charge is 2.41. The van der Waals surface area contributed by atoms with E-state index in [-0.39, 0.29) is 17.7 Å². The Morgan fingerprint density at radius 3 is 2.46 bits per heavy atom. The van der Waals surface area contributed by atoms with Crippen molar-refractivity contribution in [2.75, 3.05) is 14.2 Å². The number of Topliss-reactive ketones (excluding diaryl/α,β-unsaturated/α-hetero) is 1. The predicted octanol–water partition coefficient (Wildman–Crippen LogP) is 3.51. The SMILES string of the molecule is COc1ncc(C(=O)C2CC3CCCC(C2)N3Cc2ccccc2)c(OC)n1. The summed E-state index contributed by atoms with van der Waals surface area (Å²) in [4.78, 5) is 24.2. The van der Waals surface area contributed by atoms with Gasteiger partial charge in [0.15, 0.2) is 5.78 Å². The lowest BCUT2D eigenvalue weighted by Gasteiger charge is -2.48. The maximum Gasteiger partial charge on any atom is 0.319 e. The Hall–Kier alpha value is -2.47.